The Labute approximate surface area is 60.2 Å². The van der Waals surface area contributed by atoms with E-state index in [2.05, 4.69) is 0 Å². The van der Waals surface area contributed by atoms with Crippen LogP contribution in [-0.2, 0) is 12.3 Å². The van der Waals surface area contributed by atoms with Crippen molar-refractivity contribution in [2.24, 2.45) is 0 Å². The van der Waals surface area contributed by atoms with E-state index in [0.717, 1.165) is 0 Å². The molecule has 0 aromatic carbocycles. The number of hydrogen-bond donors (Lipinski definition) is 0. The van der Waals surface area contributed by atoms with Gasteiger partial charge in [-0.15, -0.1) is 0 Å². The summed E-state index contributed by atoms with van der Waals surface area (Å²) in [5.74, 6) is 0. The summed E-state index contributed by atoms with van der Waals surface area (Å²) in [6.45, 7) is 0. The van der Waals surface area contributed by atoms with Gasteiger partial charge in [0.05, 0.1) is 0 Å². The van der Waals surface area contributed by atoms with E-state index in [1.165, 1.54) is 0 Å². The summed E-state index contributed by atoms with van der Waals surface area (Å²) in [4.78, 5) is 0. The molecule has 0 aromatic heterocycles. The molecule has 0 unspecified atom stereocenters. The third-order valence-electron chi connectivity index (χ3n) is 0. The van der Waals surface area contributed by atoms with Gasteiger partial charge >= 0.3 is 49.6 Å². The Balaban J connectivity index is -0.0000000800. The van der Waals surface area contributed by atoms with E-state index < -0.39 is 12.3 Å². The van der Waals surface area contributed by atoms with Crippen molar-refractivity contribution in [1.82, 2.24) is 0 Å². The molecule has 0 fully saturated rings. The van der Waals surface area contributed by atoms with Crippen LogP contribution in [0.4, 0.5) is 0 Å². The van der Waals surface area contributed by atoms with Crippen LogP contribution in [0.5, 0.6) is 0 Å². The minimum atomic E-state index is -3.11. The van der Waals surface area contributed by atoms with Crippen molar-refractivity contribution >= 4 is 37.2 Å². The molecule has 0 atom stereocenters. The van der Waals surface area contributed by atoms with Crippen LogP contribution in [0.2, 0.25) is 0 Å². The fourth-order valence-electron chi connectivity index (χ4n) is 0. The van der Waals surface area contributed by atoms with Crippen LogP contribution in [0.15, 0.2) is 0 Å². The van der Waals surface area contributed by atoms with E-state index >= 15 is 0 Å². The molecule has 0 rings (SSSR count). The zero-order chi connectivity index (χ0) is 4.50. The summed E-state index contributed by atoms with van der Waals surface area (Å²) < 4.78 is 0. The molecule has 0 bridgehead atoms. The van der Waals surface area contributed by atoms with E-state index in [1.807, 2.05) is 0 Å². The molecule has 0 amide bonds. The van der Waals surface area contributed by atoms with Gasteiger partial charge in [0.1, 0.15) is 0 Å². The monoisotopic (exact) mass is 224 g/mol. The Morgan fingerprint density at radius 3 is 0.714 bits per heavy atom. The van der Waals surface area contributed by atoms with Crippen LogP contribution >= 0.6 is 37.2 Å². The van der Waals surface area contributed by atoms with Crippen LogP contribution < -0.4 is 0 Å². The molecule has 2 nitrogen and oxygen atoms in total. The first-order chi connectivity index (χ1) is 2.00. The molecule has 7 heavy (non-hydrogen) atoms. The summed E-state index contributed by atoms with van der Waals surface area (Å²) in [6, 6.07) is 0. The second-order valence-electron chi connectivity index (χ2n) is 0.429. The quantitative estimate of drug-likeness (QED) is 0.555. The molecule has 7 heteroatoms. The second-order valence-corrected chi connectivity index (χ2v) is 15.9. The average Bonchev–Trinajstić information content (AvgIpc) is 0.722. The molecule has 4 N–H and O–H groups in total. The number of halogens is 4. The topological polar surface area (TPSA) is 63.0 Å². The van der Waals surface area contributed by atoms with Gasteiger partial charge in [-0.05, 0) is 0 Å². The van der Waals surface area contributed by atoms with Crippen molar-refractivity contribution in [3.63, 3.8) is 0 Å². The van der Waals surface area contributed by atoms with E-state index in [4.69, 9.17) is 37.2 Å². The molecule has 0 aliphatic heterocycles. The number of rotatable bonds is 0. The van der Waals surface area contributed by atoms with Gasteiger partial charge in [0.25, 0.3) is 0 Å². The average molecular weight is 226 g/mol. The molecule has 0 aromatic rings. The Bertz CT molecular complexity index is 25.2. The molecule has 0 aliphatic rings. The second kappa shape index (κ2) is 5.92. The predicted octanol–water partition coefficient (Wildman–Crippen LogP) is 1.11. The Kier molecular flexibility index (Phi) is 13.5. The molecule has 48 valence electrons. The normalized spacial score (nSPS) is 8.57. The first-order valence-corrected chi connectivity index (χ1v) is 9.35. The van der Waals surface area contributed by atoms with Crippen molar-refractivity contribution in [3.05, 3.63) is 0 Å². The van der Waals surface area contributed by atoms with Crippen LogP contribution in [-0.4, -0.2) is 11.0 Å². The summed E-state index contributed by atoms with van der Waals surface area (Å²) in [5.41, 5.74) is 0. The summed E-state index contributed by atoms with van der Waals surface area (Å²) >= 11 is -3.11. The Morgan fingerprint density at radius 1 is 0.714 bits per heavy atom. The van der Waals surface area contributed by atoms with Crippen molar-refractivity contribution < 1.29 is 23.3 Å². The minimum absolute atomic E-state index is 0. The summed E-state index contributed by atoms with van der Waals surface area (Å²) in [5, 5.41) is 0. The first kappa shape index (κ1) is 15.9. The molecule has 0 heterocycles. The zero-order valence-electron chi connectivity index (χ0n) is 3.01. The molecule has 0 radical (unpaired) electrons. The maximum absolute atomic E-state index is 5.01. The Hall–Kier alpha value is 1.79. The standard InChI is InChI=1S/4ClH.2H2O.Ti/h4*1H;2*1H2;/q;;;;;;+4/p-4. The predicted molar refractivity (Wildman–Crippen MR) is 30.6 cm³/mol. The summed E-state index contributed by atoms with van der Waals surface area (Å²) in [6.07, 6.45) is 0. The van der Waals surface area contributed by atoms with Gasteiger partial charge in [-0.3, -0.25) is 0 Å². The summed E-state index contributed by atoms with van der Waals surface area (Å²) in [7, 11) is 20.1. The van der Waals surface area contributed by atoms with E-state index in [0.29, 0.717) is 0 Å². The fraction of sp³-hybridized carbons (Fsp3) is 0. The molecular weight excluding hydrogens is 222 g/mol. The zero-order valence-corrected chi connectivity index (χ0v) is 7.60. The molecule has 0 spiro atoms. The van der Waals surface area contributed by atoms with Gasteiger partial charge in [0.15, 0.2) is 0 Å². The van der Waals surface area contributed by atoms with Crippen molar-refractivity contribution in [3.8, 4) is 0 Å². The van der Waals surface area contributed by atoms with Gasteiger partial charge < -0.3 is 11.0 Å². The number of hydrogen-bond acceptors (Lipinski definition) is 0. The fourth-order valence-corrected chi connectivity index (χ4v) is 0. The SMILES string of the molecule is O.O.[Cl][Ti]([Cl])([Cl])[Cl]. The van der Waals surface area contributed by atoms with Gasteiger partial charge in [-0.1, -0.05) is 0 Å². The van der Waals surface area contributed by atoms with E-state index in [9.17, 15) is 0 Å². The van der Waals surface area contributed by atoms with Gasteiger partial charge in [-0.25, -0.2) is 0 Å². The maximum atomic E-state index is 5.01. The van der Waals surface area contributed by atoms with Crippen LogP contribution in [0.1, 0.15) is 0 Å². The van der Waals surface area contributed by atoms with Crippen LogP contribution in [0.3, 0.4) is 0 Å². The van der Waals surface area contributed by atoms with Gasteiger partial charge in [0, 0.05) is 0 Å². The van der Waals surface area contributed by atoms with Gasteiger partial charge in [-0.2, -0.15) is 0 Å². The molecule has 0 saturated heterocycles. The van der Waals surface area contributed by atoms with Crippen LogP contribution in [0, 0.1) is 0 Å². The Morgan fingerprint density at radius 2 is 0.714 bits per heavy atom. The van der Waals surface area contributed by atoms with E-state index in [1.54, 1.807) is 0 Å². The van der Waals surface area contributed by atoms with Crippen molar-refractivity contribution in [2.75, 3.05) is 0 Å². The third-order valence-corrected chi connectivity index (χ3v) is 0. The molecular formula is H4Cl4O2Ti. The first-order valence-electron chi connectivity index (χ1n) is 0.756. The molecule has 0 saturated carbocycles. The van der Waals surface area contributed by atoms with Crippen LogP contribution in [0.25, 0.3) is 0 Å². The van der Waals surface area contributed by atoms with Crippen molar-refractivity contribution in [1.29, 1.82) is 0 Å². The van der Waals surface area contributed by atoms with Gasteiger partial charge in [0.2, 0.25) is 0 Å². The molecule has 0 aliphatic carbocycles. The third kappa shape index (κ3) is 81.3. The van der Waals surface area contributed by atoms with E-state index in [-0.39, 0.29) is 11.0 Å². The van der Waals surface area contributed by atoms with Crippen molar-refractivity contribution in [2.45, 2.75) is 0 Å².